The van der Waals surface area contributed by atoms with Gasteiger partial charge in [-0.3, -0.25) is 14.5 Å². The summed E-state index contributed by atoms with van der Waals surface area (Å²) in [5, 5.41) is 5.59. The van der Waals surface area contributed by atoms with Crippen LogP contribution in [0.1, 0.15) is 70.2 Å². The summed E-state index contributed by atoms with van der Waals surface area (Å²) in [5.74, 6) is 0.230. The molecule has 0 spiro atoms. The maximum Gasteiger partial charge on any atom is 0.227 e. The van der Waals surface area contributed by atoms with E-state index in [-0.39, 0.29) is 23.1 Å². The molecular formula is C25H30N2O2S. The summed E-state index contributed by atoms with van der Waals surface area (Å²) in [6, 6.07) is 11.6. The third-order valence-electron chi connectivity index (χ3n) is 5.98. The Morgan fingerprint density at radius 1 is 1.17 bits per heavy atom. The van der Waals surface area contributed by atoms with E-state index in [4.69, 9.17) is 0 Å². The molecule has 4 nitrogen and oxygen atoms in total. The van der Waals surface area contributed by atoms with Gasteiger partial charge < -0.3 is 5.32 Å². The van der Waals surface area contributed by atoms with Gasteiger partial charge in [-0.15, -0.1) is 11.3 Å². The molecule has 5 heteroatoms. The highest BCUT2D eigenvalue weighted by atomic mass is 32.1. The number of ketones is 1. The lowest BCUT2D eigenvalue weighted by molar-refractivity contribution is -0.119. The normalized spacial score (nSPS) is 20.3. The number of Topliss-reactive ketones (excluding diaryl/α,β-unsaturated/α-hetero) is 1. The van der Waals surface area contributed by atoms with Crippen molar-refractivity contribution in [2.75, 3.05) is 10.2 Å². The zero-order chi connectivity index (χ0) is 21.3. The lowest BCUT2D eigenvalue weighted by atomic mass is 9.74. The van der Waals surface area contributed by atoms with Crippen LogP contribution >= 0.6 is 11.3 Å². The van der Waals surface area contributed by atoms with Gasteiger partial charge in [-0.2, -0.15) is 0 Å². The summed E-state index contributed by atoms with van der Waals surface area (Å²) in [6.07, 6.45) is 4.76. The Kier molecular flexibility index (Phi) is 5.83. The quantitative estimate of drug-likeness (QED) is 0.562. The number of fused-ring (bicyclic) bond motifs is 1. The molecule has 0 unspecified atom stereocenters. The molecule has 2 aromatic rings. The van der Waals surface area contributed by atoms with Gasteiger partial charge in [-0.05, 0) is 41.8 Å². The molecule has 1 aromatic carbocycles. The second-order valence-electron chi connectivity index (χ2n) is 9.11. The van der Waals surface area contributed by atoms with E-state index in [2.05, 4.69) is 26.1 Å². The molecule has 158 valence electrons. The summed E-state index contributed by atoms with van der Waals surface area (Å²) in [6.45, 7) is 6.42. The third kappa shape index (κ3) is 3.95. The molecule has 0 saturated carbocycles. The molecule has 1 atom stereocenters. The summed E-state index contributed by atoms with van der Waals surface area (Å²) in [7, 11) is 0. The number of allylic oxidation sites excluding steroid dienone is 1. The van der Waals surface area contributed by atoms with Crippen LogP contribution in [0.3, 0.4) is 0 Å². The predicted octanol–water partition coefficient (Wildman–Crippen LogP) is 6.47. The lowest BCUT2D eigenvalue weighted by Gasteiger charge is -2.36. The van der Waals surface area contributed by atoms with Crippen molar-refractivity contribution in [2.45, 2.75) is 65.3 Å². The van der Waals surface area contributed by atoms with Crippen LogP contribution in [0.5, 0.6) is 0 Å². The van der Waals surface area contributed by atoms with Crippen molar-refractivity contribution in [3.8, 4) is 0 Å². The molecule has 1 amide bonds. The number of thiophene rings is 1. The minimum Gasteiger partial charge on any atom is -0.357 e. The first kappa shape index (κ1) is 20.9. The Balaban J connectivity index is 1.89. The largest absolute Gasteiger partial charge is 0.357 e. The van der Waals surface area contributed by atoms with Gasteiger partial charge in [-0.1, -0.05) is 51.8 Å². The van der Waals surface area contributed by atoms with Gasteiger partial charge >= 0.3 is 0 Å². The molecule has 1 N–H and O–H groups in total. The maximum absolute atomic E-state index is 13.6. The number of para-hydroxylation sites is 2. The SMILES string of the molecule is CCCCCC(=O)N1c2ccccc2NC2=C(C(=O)CC(C)(C)C2)[C@@H]1c1cccs1. The van der Waals surface area contributed by atoms with E-state index in [0.29, 0.717) is 12.8 Å². The standard InChI is InChI=1S/C25H30N2O2S/c1-4-5-6-13-22(29)27-19-11-8-7-10-17(19)26-18-15-25(2,3)16-20(28)23(18)24(27)21-12-9-14-30-21/h7-12,14,24,26H,4-6,13,15-16H2,1-3H3/t24-/m0/s1. The van der Waals surface area contributed by atoms with Crippen molar-refractivity contribution < 1.29 is 9.59 Å². The van der Waals surface area contributed by atoms with Gasteiger partial charge in [0.05, 0.1) is 11.4 Å². The van der Waals surface area contributed by atoms with E-state index in [9.17, 15) is 9.59 Å². The average molecular weight is 423 g/mol. The second-order valence-corrected chi connectivity index (χ2v) is 10.1. The number of rotatable bonds is 5. The number of nitrogens with zero attached hydrogens (tertiary/aromatic N) is 1. The van der Waals surface area contributed by atoms with E-state index in [0.717, 1.165) is 53.2 Å². The molecule has 0 bridgehead atoms. The molecule has 0 saturated heterocycles. The summed E-state index contributed by atoms with van der Waals surface area (Å²) in [5.41, 5.74) is 3.39. The molecule has 1 aromatic heterocycles. The first-order valence-electron chi connectivity index (χ1n) is 10.9. The Morgan fingerprint density at radius 2 is 1.97 bits per heavy atom. The van der Waals surface area contributed by atoms with Crippen LogP contribution in [-0.2, 0) is 9.59 Å². The fourth-order valence-electron chi connectivity index (χ4n) is 4.63. The first-order chi connectivity index (χ1) is 14.4. The zero-order valence-corrected chi connectivity index (χ0v) is 18.8. The monoisotopic (exact) mass is 422 g/mol. The molecule has 1 aliphatic heterocycles. The number of carbonyl (C=O) groups is 2. The molecule has 30 heavy (non-hydrogen) atoms. The lowest BCUT2D eigenvalue weighted by Crippen LogP contribution is -2.39. The van der Waals surface area contributed by atoms with Gasteiger partial charge in [0, 0.05) is 29.0 Å². The average Bonchev–Trinajstić information content (AvgIpc) is 3.17. The Hall–Kier alpha value is -2.40. The van der Waals surface area contributed by atoms with Crippen molar-refractivity contribution >= 4 is 34.4 Å². The van der Waals surface area contributed by atoms with Crippen LogP contribution in [0.4, 0.5) is 11.4 Å². The van der Waals surface area contributed by atoms with Crippen LogP contribution in [0, 0.1) is 5.41 Å². The van der Waals surface area contributed by atoms with Crippen molar-refractivity contribution in [1.29, 1.82) is 0 Å². The van der Waals surface area contributed by atoms with Gasteiger partial charge in [-0.25, -0.2) is 0 Å². The number of carbonyl (C=O) groups excluding carboxylic acids is 2. The van der Waals surface area contributed by atoms with Gasteiger partial charge in [0.1, 0.15) is 6.04 Å². The Bertz CT molecular complexity index is 975. The van der Waals surface area contributed by atoms with Gasteiger partial charge in [0.25, 0.3) is 0 Å². The number of amides is 1. The molecule has 2 heterocycles. The number of hydrogen-bond acceptors (Lipinski definition) is 4. The van der Waals surface area contributed by atoms with Crippen LogP contribution < -0.4 is 10.2 Å². The summed E-state index contributed by atoms with van der Waals surface area (Å²) < 4.78 is 0. The fraction of sp³-hybridized carbons (Fsp3) is 0.440. The van der Waals surface area contributed by atoms with E-state index >= 15 is 0 Å². The van der Waals surface area contributed by atoms with Crippen molar-refractivity contribution in [3.63, 3.8) is 0 Å². The van der Waals surface area contributed by atoms with E-state index in [1.807, 2.05) is 46.7 Å². The molecule has 4 rings (SSSR count). The smallest absolute Gasteiger partial charge is 0.227 e. The number of unbranched alkanes of at least 4 members (excludes halogenated alkanes) is 2. The van der Waals surface area contributed by atoms with Crippen LogP contribution in [0.25, 0.3) is 0 Å². The van der Waals surface area contributed by atoms with Crippen molar-refractivity contribution in [1.82, 2.24) is 0 Å². The Labute approximate surface area is 183 Å². The topological polar surface area (TPSA) is 49.4 Å². The highest BCUT2D eigenvalue weighted by Crippen LogP contribution is 2.49. The van der Waals surface area contributed by atoms with E-state index in [1.54, 1.807) is 11.3 Å². The third-order valence-corrected chi connectivity index (χ3v) is 6.90. The predicted molar refractivity (Wildman–Crippen MR) is 124 cm³/mol. The summed E-state index contributed by atoms with van der Waals surface area (Å²) in [4.78, 5) is 30.0. The van der Waals surface area contributed by atoms with E-state index in [1.165, 1.54) is 0 Å². The van der Waals surface area contributed by atoms with Crippen molar-refractivity contribution in [3.05, 3.63) is 57.9 Å². The van der Waals surface area contributed by atoms with E-state index < -0.39 is 0 Å². The molecule has 0 fully saturated rings. The molecular weight excluding hydrogens is 392 g/mol. The number of nitrogens with one attached hydrogen (secondary N) is 1. The minimum atomic E-state index is -0.367. The van der Waals surface area contributed by atoms with Crippen molar-refractivity contribution in [2.24, 2.45) is 5.41 Å². The maximum atomic E-state index is 13.6. The molecule has 0 radical (unpaired) electrons. The van der Waals surface area contributed by atoms with Gasteiger partial charge in [0.2, 0.25) is 5.91 Å². The van der Waals surface area contributed by atoms with Crippen LogP contribution in [-0.4, -0.2) is 11.7 Å². The molecule has 1 aliphatic carbocycles. The summed E-state index contributed by atoms with van der Waals surface area (Å²) >= 11 is 1.61. The minimum absolute atomic E-state index is 0.0856. The molecule has 2 aliphatic rings. The van der Waals surface area contributed by atoms with Gasteiger partial charge in [0.15, 0.2) is 5.78 Å². The Morgan fingerprint density at radius 3 is 2.70 bits per heavy atom. The zero-order valence-electron chi connectivity index (χ0n) is 18.0. The van der Waals surface area contributed by atoms with Crippen LogP contribution in [0.2, 0.25) is 0 Å². The van der Waals surface area contributed by atoms with Crippen LogP contribution in [0.15, 0.2) is 53.0 Å². The number of benzene rings is 1. The second kappa shape index (κ2) is 8.38. The highest BCUT2D eigenvalue weighted by molar-refractivity contribution is 7.10. The number of anilines is 2. The first-order valence-corrected chi connectivity index (χ1v) is 11.8. The fourth-order valence-corrected chi connectivity index (χ4v) is 5.45. The highest BCUT2D eigenvalue weighted by Gasteiger charge is 2.43. The number of hydrogen-bond donors (Lipinski definition) is 1.